The Kier molecular flexibility index (Phi) is 4.92. The topological polar surface area (TPSA) is 15.6 Å². The Morgan fingerprint density at radius 2 is 1.52 bits per heavy atom. The standard InChI is InChI=1S/C21H24N2/c1-3-4-15-23-17(2)22-20(18-11-7-5-8-12-18)16-21(23)19-13-9-6-10-14-19/h5-14,16-17H,3-4,15H2,1-2H3. The van der Waals surface area contributed by atoms with Gasteiger partial charge in [-0.3, -0.25) is 4.99 Å². The maximum absolute atomic E-state index is 4.93. The molecule has 2 heteroatoms. The first-order valence-corrected chi connectivity index (χ1v) is 8.46. The molecule has 0 fully saturated rings. The van der Waals surface area contributed by atoms with Crippen LogP contribution in [0, 0.1) is 0 Å². The molecule has 1 aliphatic rings. The van der Waals surface area contributed by atoms with Gasteiger partial charge in [-0.2, -0.15) is 0 Å². The average Bonchev–Trinajstić information content (AvgIpc) is 2.61. The van der Waals surface area contributed by atoms with Crippen LogP contribution in [0.3, 0.4) is 0 Å². The number of aliphatic imine (C=N–C) groups is 1. The Labute approximate surface area is 139 Å². The maximum Gasteiger partial charge on any atom is 0.118 e. The predicted molar refractivity (Wildman–Crippen MR) is 98.5 cm³/mol. The van der Waals surface area contributed by atoms with Gasteiger partial charge in [-0.15, -0.1) is 0 Å². The lowest BCUT2D eigenvalue weighted by molar-refractivity contribution is 0.311. The van der Waals surface area contributed by atoms with Crippen LogP contribution in [0.1, 0.15) is 37.8 Å². The first-order chi connectivity index (χ1) is 11.3. The van der Waals surface area contributed by atoms with Gasteiger partial charge in [0.1, 0.15) is 6.17 Å². The molecule has 2 aromatic carbocycles. The van der Waals surface area contributed by atoms with Crippen molar-refractivity contribution < 1.29 is 0 Å². The summed E-state index contributed by atoms with van der Waals surface area (Å²) < 4.78 is 0. The Morgan fingerprint density at radius 3 is 2.13 bits per heavy atom. The molecule has 3 rings (SSSR count). The molecule has 0 aliphatic carbocycles. The zero-order chi connectivity index (χ0) is 16.1. The average molecular weight is 304 g/mol. The van der Waals surface area contributed by atoms with Crippen LogP contribution in [-0.2, 0) is 0 Å². The Balaban J connectivity index is 2.00. The van der Waals surface area contributed by atoms with E-state index in [1.807, 2.05) is 6.07 Å². The molecule has 1 atom stereocenters. The Hall–Kier alpha value is -2.35. The third kappa shape index (κ3) is 3.53. The van der Waals surface area contributed by atoms with Crippen molar-refractivity contribution in [2.75, 3.05) is 6.54 Å². The molecular weight excluding hydrogens is 280 g/mol. The minimum Gasteiger partial charge on any atom is -0.349 e. The number of hydrogen-bond donors (Lipinski definition) is 0. The van der Waals surface area contributed by atoms with Gasteiger partial charge in [0.05, 0.1) is 5.71 Å². The van der Waals surface area contributed by atoms with Crippen molar-refractivity contribution in [2.45, 2.75) is 32.9 Å². The zero-order valence-corrected chi connectivity index (χ0v) is 13.9. The number of benzene rings is 2. The first kappa shape index (κ1) is 15.5. The molecule has 0 saturated carbocycles. The summed E-state index contributed by atoms with van der Waals surface area (Å²) in [7, 11) is 0. The SMILES string of the molecule is CCCCN1C(c2ccccc2)=CC(c2ccccc2)=NC1C. The molecule has 0 radical (unpaired) electrons. The molecule has 1 heterocycles. The number of nitrogens with zero attached hydrogens (tertiary/aromatic N) is 2. The van der Waals surface area contributed by atoms with Gasteiger partial charge in [0, 0.05) is 12.2 Å². The Morgan fingerprint density at radius 1 is 0.913 bits per heavy atom. The van der Waals surface area contributed by atoms with Crippen LogP contribution in [0.2, 0.25) is 0 Å². The highest BCUT2D eigenvalue weighted by Crippen LogP contribution is 2.27. The van der Waals surface area contributed by atoms with Crippen molar-refractivity contribution >= 4 is 11.4 Å². The molecule has 0 saturated heterocycles. The van der Waals surface area contributed by atoms with E-state index in [0.29, 0.717) is 0 Å². The quantitative estimate of drug-likeness (QED) is 0.760. The van der Waals surface area contributed by atoms with E-state index in [9.17, 15) is 0 Å². The summed E-state index contributed by atoms with van der Waals surface area (Å²) >= 11 is 0. The van der Waals surface area contributed by atoms with E-state index in [1.54, 1.807) is 0 Å². The Bertz CT molecular complexity index is 686. The summed E-state index contributed by atoms with van der Waals surface area (Å²) in [5, 5.41) is 0. The molecule has 0 aromatic heterocycles. The summed E-state index contributed by atoms with van der Waals surface area (Å²) in [6, 6.07) is 21.1. The van der Waals surface area contributed by atoms with Gasteiger partial charge in [-0.05, 0) is 30.5 Å². The highest BCUT2D eigenvalue weighted by atomic mass is 15.3. The van der Waals surface area contributed by atoms with Gasteiger partial charge in [-0.25, -0.2) is 0 Å². The van der Waals surface area contributed by atoms with Crippen LogP contribution in [-0.4, -0.2) is 23.3 Å². The highest BCUT2D eigenvalue weighted by molar-refractivity contribution is 6.12. The van der Waals surface area contributed by atoms with Crippen molar-refractivity contribution in [3.05, 3.63) is 77.9 Å². The normalized spacial score (nSPS) is 17.7. The van der Waals surface area contributed by atoms with E-state index in [1.165, 1.54) is 29.7 Å². The van der Waals surface area contributed by atoms with Crippen molar-refractivity contribution in [2.24, 2.45) is 4.99 Å². The number of unbranched alkanes of at least 4 members (excludes halogenated alkanes) is 1. The summed E-state index contributed by atoms with van der Waals surface area (Å²) in [6.45, 7) is 5.47. The van der Waals surface area contributed by atoms with Crippen molar-refractivity contribution in [1.82, 2.24) is 4.90 Å². The molecule has 1 unspecified atom stereocenters. The van der Waals surface area contributed by atoms with Gasteiger partial charge in [0.2, 0.25) is 0 Å². The summed E-state index contributed by atoms with van der Waals surface area (Å²) in [5.74, 6) is 0. The molecule has 1 aliphatic heterocycles. The third-order valence-corrected chi connectivity index (χ3v) is 4.25. The molecule has 2 aromatic rings. The van der Waals surface area contributed by atoms with E-state index in [2.05, 4.69) is 79.4 Å². The molecule has 0 amide bonds. The van der Waals surface area contributed by atoms with E-state index < -0.39 is 0 Å². The fraction of sp³-hybridized carbons (Fsp3) is 0.286. The van der Waals surface area contributed by atoms with Crippen molar-refractivity contribution in [1.29, 1.82) is 0 Å². The first-order valence-electron chi connectivity index (χ1n) is 8.46. The van der Waals surface area contributed by atoms with Crippen LogP contribution in [0.15, 0.2) is 71.7 Å². The van der Waals surface area contributed by atoms with Crippen molar-refractivity contribution in [3.63, 3.8) is 0 Å². The van der Waals surface area contributed by atoms with Crippen LogP contribution >= 0.6 is 0 Å². The largest absolute Gasteiger partial charge is 0.349 e. The summed E-state index contributed by atoms with van der Waals surface area (Å²) in [5.41, 5.74) is 4.80. The molecule has 0 N–H and O–H groups in total. The summed E-state index contributed by atoms with van der Waals surface area (Å²) in [4.78, 5) is 7.35. The van der Waals surface area contributed by atoms with Gasteiger partial charge >= 0.3 is 0 Å². The monoisotopic (exact) mass is 304 g/mol. The summed E-state index contributed by atoms with van der Waals surface area (Å²) in [6.07, 6.45) is 4.78. The van der Waals surface area contributed by atoms with Gasteiger partial charge < -0.3 is 4.90 Å². The van der Waals surface area contributed by atoms with E-state index in [-0.39, 0.29) is 6.17 Å². The number of allylic oxidation sites excluding steroid dienone is 1. The van der Waals surface area contributed by atoms with E-state index >= 15 is 0 Å². The minimum atomic E-state index is 0.164. The zero-order valence-electron chi connectivity index (χ0n) is 13.9. The number of rotatable bonds is 5. The smallest absolute Gasteiger partial charge is 0.118 e. The second-order valence-corrected chi connectivity index (χ2v) is 5.95. The van der Waals surface area contributed by atoms with Crippen LogP contribution in [0.5, 0.6) is 0 Å². The lowest BCUT2D eigenvalue weighted by Gasteiger charge is -2.35. The second-order valence-electron chi connectivity index (χ2n) is 5.95. The van der Waals surface area contributed by atoms with Crippen molar-refractivity contribution in [3.8, 4) is 0 Å². The minimum absolute atomic E-state index is 0.164. The lowest BCUT2D eigenvalue weighted by atomic mass is 10.0. The van der Waals surface area contributed by atoms with Gasteiger partial charge in [0.15, 0.2) is 0 Å². The predicted octanol–water partition coefficient (Wildman–Crippen LogP) is 4.98. The van der Waals surface area contributed by atoms with Gasteiger partial charge in [0.25, 0.3) is 0 Å². The number of hydrogen-bond acceptors (Lipinski definition) is 2. The van der Waals surface area contributed by atoms with Crippen LogP contribution in [0.4, 0.5) is 0 Å². The second kappa shape index (κ2) is 7.28. The van der Waals surface area contributed by atoms with E-state index in [0.717, 1.165) is 12.3 Å². The van der Waals surface area contributed by atoms with Gasteiger partial charge in [-0.1, -0.05) is 74.0 Å². The van der Waals surface area contributed by atoms with Crippen LogP contribution < -0.4 is 0 Å². The molecule has 0 spiro atoms. The third-order valence-electron chi connectivity index (χ3n) is 4.25. The molecule has 118 valence electrons. The fourth-order valence-corrected chi connectivity index (χ4v) is 2.98. The highest BCUT2D eigenvalue weighted by Gasteiger charge is 2.22. The fourth-order valence-electron chi connectivity index (χ4n) is 2.98. The molecule has 23 heavy (non-hydrogen) atoms. The maximum atomic E-state index is 4.93. The lowest BCUT2D eigenvalue weighted by Crippen LogP contribution is -2.35. The molecule has 2 nitrogen and oxygen atoms in total. The molecular formula is C21H24N2. The van der Waals surface area contributed by atoms with E-state index in [4.69, 9.17) is 4.99 Å². The molecule has 0 bridgehead atoms. The van der Waals surface area contributed by atoms with Crippen LogP contribution in [0.25, 0.3) is 5.70 Å².